The fraction of sp³-hybridized carbons (Fsp3) is 0.462. The molecule has 0 bridgehead atoms. The van der Waals surface area contributed by atoms with Gasteiger partial charge in [0.15, 0.2) is 0 Å². The summed E-state index contributed by atoms with van der Waals surface area (Å²) >= 11 is 0. The second-order valence-corrected chi connectivity index (χ2v) is 4.92. The van der Waals surface area contributed by atoms with Crippen LogP contribution >= 0.6 is 0 Å². The van der Waals surface area contributed by atoms with Gasteiger partial charge in [0.1, 0.15) is 0 Å². The summed E-state index contributed by atoms with van der Waals surface area (Å²) in [4.78, 5) is 12.4. The van der Waals surface area contributed by atoms with Crippen LogP contribution < -0.4 is 4.90 Å². The smallest absolute Gasteiger partial charge is 0.411 e. The molecule has 1 aromatic carbocycles. The average Bonchev–Trinajstić information content (AvgIpc) is 2.24. The quantitative estimate of drug-likeness (QED) is 0.849. The highest BCUT2D eigenvalue weighted by atomic mass is 16.4. The predicted octanol–water partition coefficient (Wildman–Crippen LogP) is 2.46. The van der Waals surface area contributed by atoms with E-state index in [4.69, 9.17) is 10.2 Å². The molecule has 0 saturated carbocycles. The SMILES string of the molecule is CC(C)(C)c1ccccc1N(CCO)C(=O)O. The van der Waals surface area contributed by atoms with Crippen molar-refractivity contribution < 1.29 is 15.0 Å². The summed E-state index contributed by atoms with van der Waals surface area (Å²) in [5, 5.41) is 18.1. The molecule has 0 unspecified atom stereocenters. The van der Waals surface area contributed by atoms with Crippen LogP contribution in [0.2, 0.25) is 0 Å². The second kappa shape index (κ2) is 5.19. The minimum Gasteiger partial charge on any atom is -0.465 e. The lowest BCUT2D eigenvalue weighted by Gasteiger charge is -2.28. The van der Waals surface area contributed by atoms with Gasteiger partial charge in [0.25, 0.3) is 0 Å². The van der Waals surface area contributed by atoms with Gasteiger partial charge in [-0.05, 0) is 17.0 Å². The molecule has 17 heavy (non-hydrogen) atoms. The minimum atomic E-state index is -1.05. The first kappa shape index (κ1) is 13.5. The van der Waals surface area contributed by atoms with E-state index in [0.29, 0.717) is 5.69 Å². The van der Waals surface area contributed by atoms with Gasteiger partial charge >= 0.3 is 6.09 Å². The lowest BCUT2D eigenvalue weighted by molar-refractivity contribution is 0.198. The van der Waals surface area contributed by atoms with E-state index in [1.54, 1.807) is 12.1 Å². The van der Waals surface area contributed by atoms with Crippen LogP contribution in [-0.4, -0.2) is 29.5 Å². The van der Waals surface area contributed by atoms with Crippen LogP contribution in [0.1, 0.15) is 26.3 Å². The molecule has 1 rings (SSSR count). The third-order valence-electron chi connectivity index (χ3n) is 2.56. The van der Waals surface area contributed by atoms with E-state index in [0.717, 1.165) is 5.56 Å². The fourth-order valence-electron chi connectivity index (χ4n) is 1.76. The van der Waals surface area contributed by atoms with Crippen molar-refractivity contribution in [2.45, 2.75) is 26.2 Å². The largest absolute Gasteiger partial charge is 0.465 e. The van der Waals surface area contributed by atoms with Crippen LogP contribution in [0.15, 0.2) is 24.3 Å². The highest BCUT2D eigenvalue weighted by molar-refractivity contribution is 5.87. The standard InChI is InChI=1S/C13H19NO3/c1-13(2,3)10-6-4-5-7-11(10)14(8-9-15)12(16)17/h4-7,15H,8-9H2,1-3H3,(H,16,17). The van der Waals surface area contributed by atoms with Gasteiger partial charge in [-0.1, -0.05) is 39.0 Å². The molecule has 1 aromatic rings. The number of hydrogen-bond acceptors (Lipinski definition) is 2. The van der Waals surface area contributed by atoms with Crippen LogP contribution in [0, 0.1) is 0 Å². The third kappa shape index (κ3) is 3.20. The maximum Gasteiger partial charge on any atom is 0.411 e. The van der Waals surface area contributed by atoms with E-state index in [-0.39, 0.29) is 18.6 Å². The van der Waals surface area contributed by atoms with Gasteiger partial charge in [-0.25, -0.2) is 4.79 Å². The number of amides is 1. The van der Waals surface area contributed by atoms with E-state index in [2.05, 4.69) is 0 Å². The fourth-order valence-corrected chi connectivity index (χ4v) is 1.76. The van der Waals surface area contributed by atoms with Gasteiger partial charge in [-0.15, -0.1) is 0 Å². The molecule has 0 spiro atoms. The number of nitrogens with zero attached hydrogens (tertiary/aromatic N) is 1. The number of benzene rings is 1. The molecule has 0 aliphatic heterocycles. The summed E-state index contributed by atoms with van der Waals surface area (Å²) in [6.45, 7) is 5.99. The van der Waals surface area contributed by atoms with Gasteiger partial charge in [0, 0.05) is 0 Å². The van der Waals surface area contributed by atoms with Crippen LogP contribution in [0.25, 0.3) is 0 Å². The van der Waals surface area contributed by atoms with Gasteiger partial charge in [-0.2, -0.15) is 0 Å². The summed E-state index contributed by atoms with van der Waals surface area (Å²) in [6.07, 6.45) is -1.05. The monoisotopic (exact) mass is 237 g/mol. The summed E-state index contributed by atoms with van der Waals surface area (Å²) in [5.74, 6) is 0. The Morgan fingerprint density at radius 2 is 1.88 bits per heavy atom. The van der Waals surface area contributed by atoms with Crippen molar-refractivity contribution >= 4 is 11.8 Å². The molecule has 0 atom stereocenters. The Morgan fingerprint density at radius 1 is 1.29 bits per heavy atom. The van der Waals surface area contributed by atoms with Crippen molar-refractivity contribution in [3.8, 4) is 0 Å². The maximum atomic E-state index is 11.2. The molecule has 0 aromatic heterocycles. The number of anilines is 1. The molecule has 0 saturated heterocycles. The lowest BCUT2D eigenvalue weighted by atomic mass is 9.85. The Balaban J connectivity index is 3.23. The number of carbonyl (C=O) groups is 1. The predicted molar refractivity (Wildman–Crippen MR) is 67.6 cm³/mol. The van der Waals surface area contributed by atoms with E-state index in [9.17, 15) is 4.79 Å². The highest BCUT2D eigenvalue weighted by Gasteiger charge is 2.23. The van der Waals surface area contributed by atoms with Gasteiger partial charge in [0.05, 0.1) is 18.8 Å². The van der Waals surface area contributed by atoms with Crippen LogP contribution in [-0.2, 0) is 5.41 Å². The van der Waals surface area contributed by atoms with Crippen molar-refractivity contribution in [2.75, 3.05) is 18.1 Å². The molecule has 2 N–H and O–H groups in total. The zero-order valence-corrected chi connectivity index (χ0v) is 10.5. The first-order valence-electron chi connectivity index (χ1n) is 5.58. The number of aliphatic hydroxyl groups is 1. The van der Waals surface area contributed by atoms with Crippen LogP contribution in [0.4, 0.5) is 10.5 Å². The highest BCUT2D eigenvalue weighted by Crippen LogP contribution is 2.31. The number of para-hydroxylation sites is 1. The molecular formula is C13H19NO3. The van der Waals surface area contributed by atoms with E-state index in [1.165, 1.54) is 4.90 Å². The molecule has 0 fully saturated rings. The lowest BCUT2D eigenvalue weighted by Crippen LogP contribution is -2.34. The molecule has 0 radical (unpaired) electrons. The molecule has 0 aliphatic carbocycles. The summed E-state index contributed by atoms with van der Waals surface area (Å²) in [7, 11) is 0. The van der Waals surface area contributed by atoms with E-state index >= 15 is 0 Å². The molecule has 0 aliphatic rings. The normalized spacial score (nSPS) is 11.3. The Bertz CT molecular complexity index is 396. The zero-order chi connectivity index (χ0) is 13.1. The van der Waals surface area contributed by atoms with Gasteiger partial charge in [0.2, 0.25) is 0 Å². The molecule has 94 valence electrons. The Labute approximate surface area is 101 Å². The van der Waals surface area contributed by atoms with Crippen molar-refractivity contribution in [2.24, 2.45) is 0 Å². The topological polar surface area (TPSA) is 60.8 Å². The van der Waals surface area contributed by atoms with Crippen molar-refractivity contribution in [3.63, 3.8) is 0 Å². The van der Waals surface area contributed by atoms with Crippen LogP contribution in [0.3, 0.4) is 0 Å². The molecule has 0 heterocycles. The average molecular weight is 237 g/mol. The summed E-state index contributed by atoms with van der Waals surface area (Å²) in [6, 6.07) is 7.38. The Kier molecular flexibility index (Phi) is 4.12. The first-order chi connectivity index (χ1) is 7.88. The number of carboxylic acid groups (broad SMARTS) is 1. The molecule has 1 amide bonds. The minimum absolute atomic E-state index is 0.0857. The Hall–Kier alpha value is -1.55. The molecule has 4 heteroatoms. The summed E-state index contributed by atoms with van der Waals surface area (Å²) < 4.78 is 0. The van der Waals surface area contributed by atoms with Gasteiger partial charge in [-0.3, -0.25) is 4.90 Å². The summed E-state index contributed by atoms with van der Waals surface area (Å²) in [5.41, 5.74) is 1.46. The van der Waals surface area contributed by atoms with Crippen LogP contribution in [0.5, 0.6) is 0 Å². The number of rotatable bonds is 3. The first-order valence-corrected chi connectivity index (χ1v) is 5.58. The Morgan fingerprint density at radius 3 is 2.35 bits per heavy atom. The van der Waals surface area contributed by atoms with E-state index in [1.807, 2.05) is 32.9 Å². The molecular weight excluding hydrogens is 218 g/mol. The number of hydrogen-bond donors (Lipinski definition) is 2. The van der Waals surface area contributed by atoms with Crippen molar-refractivity contribution in [1.82, 2.24) is 0 Å². The third-order valence-corrected chi connectivity index (χ3v) is 2.56. The van der Waals surface area contributed by atoms with Crippen molar-refractivity contribution in [1.29, 1.82) is 0 Å². The van der Waals surface area contributed by atoms with Crippen molar-refractivity contribution in [3.05, 3.63) is 29.8 Å². The van der Waals surface area contributed by atoms with E-state index < -0.39 is 6.09 Å². The zero-order valence-electron chi connectivity index (χ0n) is 10.5. The maximum absolute atomic E-state index is 11.2. The number of aliphatic hydroxyl groups excluding tert-OH is 1. The molecule has 4 nitrogen and oxygen atoms in total. The van der Waals surface area contributed by atoms with Gasteiger partial charge < -0.3 is 10.2 Å². The second-order valence-electron chi connectivity index (χ2n) is 4.92.